The van der Waals surface area contributed by atoms with Crippen molar-refractivity contribution in [3.05, 3.63) is 118 Å². The number of para-hydroxylation sites is 2. The molecule has 0 saturated heterocycles. The molecule has 2 aliphatic heterocycles. The van der Waals surface area contributed by atoms with Crippen LogP contribution in [0.2, 0.25) is 25.7 Å². The van der Waals surface area contributed by atoms with Gasteiger partial charge in [-0.15, -0.1) is 38.7 Å². The van der Waals surface area contributed by atoms with Gasteiger partial charge in [-0.25, -0.2) is 8.78 Å². The minimum atomic E-state index is -0.893. The van der Waals surface area contributed by atoms with E-state index in [1.165, 1.54) is 23.3 Å². The Morgan fingerprint density at radius 3 is 1.70 bits per heavy atom. The van der Waals surface area contributed by atoms with Gasteiger partial charge in [-0.05, 0) is 109 Å². The first-order valence-electron chi connectivity index (χ1n) is 20.4. The van der Waals surface area contributed by atoms with Gasteiger partial charge < -0.3 is 9.80 Å². The molecule has 4 aromatic heterocycles. The van der Waals surface area contributed by atoms with Crippen molar-refractivity contribution in [2.45, 2.75) is 71.1 Å². The van der Waals surface area contributed by atoms with Gasteiger partial charge in [0, 0.05) is 41.3 Å². The highest BCUT2D eigenvalue weighted by molar-refractivity contribution is 9.10. The summed E-state index contributed by atoms with van der Waals surface area (Å²) in [5, 5.41) is 17.7. The second-order valence-electron chi connectivity index (χ2n) is 16.3. The van der Waals surface area contributed by atoms with E-state index in [4.69, 9.17) is 16.4 Å². The third-order valence-corrected chi connectivity index (χ3v) is 12.6. The zero-order chi connectivity index (χ0) is 42.7. The highest BCUT2D eigenvalue weighted by Gasteiger charge is 2.24. The lowest BCUT2D eigenvalue weighted by Crippen LogP contribution is -2.20. The number of terminal acetylenes is 1. The van der Waals surface area contributed by atoms with Crippen LogP contribution in [0.1, 0.15) is 49.3 Å². The van der Waals surface area contributed by atoms with Crippen molar-refractivity contribution in [1.29, 1.82) is 0 Å². The minimum absolute atomic E-state index is 0.309. The number of halogens is 3. The molecule has 0 fully saturated rings. The Morgan fingerprint density at radius 2 is 1.21 bits per heavy atom. The quantitative estimate of drug-likeness (QED) is 0.128. The van der Waals surface area contributed by atoms with Gasteiger partial charge in [0.1, 0.15) is 35.9 Å². The average molecular weight is 896 g/mol. The van der Waals surface area contributed by atoms with Crippen LogP contribution in [0.25, 0.3) is 33.4 Å². The first-order chi connectivity index (χ1) is 29.5. The highest BCUT2D eigenvalue weighted by Crippen LogP contribution is 2.38. The van der Waals surface area contributed by atoms with E-state index in [0.29, 0.717) is 27.4 Å². The Hall–Kier alpha value is -6.22. The van der Waals surface area contributed by atoms with Crippen molar-refractivity contribution in [3.8, 4) is 24.2 Å². The first-order valence-corrected chi connectivity index (χ1v) is 24.9. The maximum Gasteiger partial charge on any atom is 0.257 e. The number of fused-ring (bicyclic) bond motifs is 8. The fraction of sp³-hybridized carbons (Fsp3) is 0.277. The zero-order valence-electron chi connectivity index (χ0n) is 34.6. The van der Waals surface area contributed by atoms with Crippen molar-refractivity contribution in [1.82, 2.24) is 39.2 Å². The van der Waals surface area contributed by atoms with Gasteiger partial charge in [-0.3, -0.25) is 8.80 Å². The summed E-state index contributed by atoms with van der Waals surface area (Å²) < 4.78 is 33.1. The fourth-order valence-electron chi connectivity index (χ4n) is 7.89. The number of aryl methyl sites for hydroxylation is 2. The maximum atomic E-state index is 14.8. The van der Waals surface area contributed by atoms with Crippen LogP contribution in [0.3, 0.4) is 0 Å². The lowest BCUT2D eigenvalue weighted by Gasteiger charge is -2.25. The molecule has 0 bridgehead atoms. The summed E-state index contributed by atoms with van der Waals surface area (Å²) in [6.45, 7) is 10.2. The molecule has 4 aromatic carbocycles. The smallest absolute Gasteiger partial charge is 0.257 e. The van der Waals surface area contributed by atoms with Crippen LogP contribution in [0.15, 0.2) is 89.9 Å². The predicted octanol–water partition coefficient (Wildman–Crippen LogP) is 10.9. The number of hydrogen-bond acceptors (Lipinski definition) is 8. The zero-order valence-corrected chi connectivity index (χ0v) is 37.2. The monoisotopic (exact) mass is 894 g/mol. The molecule has 2 aliphatic rings. The first kappa shape index (κ1) is 41.5. The number of aromatic nitrogens is 8. The Kier molecular flexibility index (Phi) is 12.1. The molecule has 8 aromatic rings. The molecule has 0 saturated carbocycles. The van der Waals surface area contributed by atoms with Gasteiger partial charge in [0.2, 0.25) is 0 Å². The highest BCUT2D eigenvalue weighted by atomic mass is 79.9. The maximum absolute atomic E-state index is 14.8. The van der Waals surface area contributed by atoms with Crippen molar-refractivity contribution >= 4 is 80.4 Å². The van der Waals surface area contributed by atoms with Crippen molar-refractivity contribution in [2.75, 3.05) is 22.9 Å². The van der Waals surface area contributed by atoms with Gasteiger partial charge in [0.05, 0.1) is 29.1 Å². The molecular weight excluding hydrogens is 851 g/mol. The van der Waals surface area contributed by atoms with Crippen molar-refractivity contribution in [3.63, 3.8) is 0 Å². The van der Waals surface area contributed by atoms with E-state index in [1.54, 1.807) is 40.5 Å². The van der Waals surface area contributed by atoms with Gasteiger partial charge in [0.25, 0.3) is 11.6 Å². The Labute approximate surface area is 363 Å². The van der Waals surface area contributed by atoms with Crippen LogP contribution < -0.4 is 9.80 Å². The van der Waals surface area contributed by atoms with Crippen LogP contribution >= 0.6 is 15.9 Å². The van der Waals surface area contributed by atoms with E-state index in [0.717, 1.165) is 96.7 Å². The van der Waals surface area contributed by atoms with Gasteiger partial charge >= 0.3 is 0 Å². The molecule has 0 aliphatic carbocycles. The summed E-state index contributed by atoms with van der Waals surface area (Å²) in [6, 6.07) is 24.3. The molecule has 10 rings (SSSR count). The molecule has 0 radical (unpaired) electrons. The number of rotatable bonds is 3. The second-order valence-corrected chi connectivity index (χ2v) is 22.6. The lowest BCUT2D eigenvalue weighted by atomic mass is 10.1. The number of benzene rings is 4. The van der Waals surface area contributed by atoms with E-state index in [1.807, 2.05) is 12.1 Å². The van der Waals surface area contributed by atoms with E-state index in [9.17, 15) is 8.78 Å². The summed E-state index contributed by atoms with van der Waals surface area (Å²) in [5.41, 5.74) is 6.81. The van der Waals surface area contributed by atoms with Crippen LogP contribution in [-0.2, 0) is 12.8 Å². The largest absolute Gasteiger partial charge is 0.325 e. The van der Waals surface area contributed by atoms with Gasteiger partial charge in [0.15, 0.2) is 0 Å². The molecule has 10 nitrogen and oxygen atoms in total. The number of hydrogen-bond donors (Lipinski definition) is 0. The summed E-state index contributed by atoms with van der Waals surface area (Å²) in [5.74, 6) is 10.1. The third-order valence-electron chi connectivity index (χ3n) is 10.7. The van der Waals surface area contributed by atoms with Crippen molar-refractivity contribution < 1.29 is 8.78 Å². The van der Waals surface area contributed by atoms with Crippen LogP contribution in [0.4, 0.5) is 31.8 Å². The molecule has 61 heavy (non-hydrogen) atoms. The standard InChI is InChI=1S/C22H18FN5.C19H15BrFN5.C6H12Si/c1-2-7-16-12-20-17(13-18(16)23)21(25-22-26-24-14-28(20)22)27-11-6-5-9-15-8-3-4-10-19(15)27;20-14-10-17-13(9-15(14)21)18(23-19-24-22-11-26(17)19)25-8-4-3-6-12-5-1-2-7-16(12)25;1-5-6-7(2,3)4/h3-4,8,10,12-14H,5-6,9,11H2,1H3;1-2,5,7,9-11H,3-4,6,8H2;1H,6H2,2-4H3. The SMILES string of the molecule is C#CC[Si](C)(C)C.CC#Cc1cc2c(cc1F)c(N1CCCCc3ccccc31)nc1nncn12.Fc1cc2c(N3CCCCc4ccccc43)nc3nncn3c2cc1Br. The third kappa shape index (κ3) is 8.69. The number of nitrogens with zero attached hydrogens (tertiary/aromatic N) is 10. The summed E-state index contributed by atoms with van der Waals surface area (Å²) in [6.07, 6.45) is 14.7. The normalized spacial score (nSPS) is 13.8. The molecule has 0 atom stereocenters. The van der Waals surface area contributed by atoms with E-state index in [2.05, 4.69) is 120 Å². The predicted molar refractivity (Wildman–Crippen MR) is 247 cm³/mol. The Morgan fingerprint density at radius 1 is 0.705 bits per heavy atom. The Balaban J connectivity index is 0.000000146. The fourth-order valence-corrected chi connectivity index (χ4v) is 8.83. The van der Waals surface area contributed by atoms with Crippen LogP contribution in [-0.4, -0.2) is 60.3 Å². The average Bonchev–Trinajstić information content (AvgIpc) is 3.81. The van der Waals surface area contributed by atoms with Crippen LogP contribution in [0, 0.1) is 35.8 Å². The van der Waals surface area contributed by atoms with E-state index >= 15 is 0 Å². The van der Waals surface area contributed by atoms with E-state index in [-0.39, 0.29) is 11.6 Å². The van der Waals surface area contributed by atoms with Gasteiger partial charge in [-0.1, -0.05) is 62.0 Å². The molecule has 0 N–H and O–H groups in total. The molecule has 14 heteroatoms. The molecule has 0 unspecified atom stereocenters. The second kappa shape index (κ2) is 17.8. The van der Waals surface area contributed by atoms with Gasteiger partial charge in [-0.2, -0.15) is 9.97 Å². The van der Waals surface area contributed by atoms with E-state index < -0.39 is 8.07 Å². The molecular formula is C47H45BrF2N10Si. The number of anilines is 4. The molecule has 0 spiro atoms. The summed E-state index contributed by atoms with van der Waals surface area (Å²) >= 11 is 3.29. The van der Waals surface area contributed by atoms with Crippen LogP contribution in [0.5, 0.6) is 0 Å². The minimum Gasteiger partial charge on any atom is -0.325 e. The topological polar surface area (TPSA) is 92.6 Å². The summed E-state index contributed by atoms with van der Waals surface area (Å²) in [4.78, 5) is 13.9. The summed E-state index contributed by atoms with van der Waals surface area (Å²) in [7, 11) is -0.893. The lowest BCUT2D eigenvalue weighted by molar-refractivity contribution is 0.623. The van der Waals surface area contributed by atoms with Crippen molar-refractivity contribution in [2.24, 2.45) is 0 Å². The molecule has 0 amide bonds. The Bertz CT molecular complexity index is 3010. The molecule has 6 heterocycles. The molecule has 308 valence electrons.